The lowest BCUT2D eigenvalue weighted by Gasteiger charge is -2.11. The van der Waals surface area contributed by atoms with Gasteiger partial charge in [-0.05, 0) is 19.1 Å². The molecule has 5 heteroatoms. The van der Waals surface area contributed by atoms with Crippen molar-refractivity contribution < 1.29 is 19.4 Å². The molecule has 1 unspecified atom stereocenters. The molecule has 2 rings (SSSR count). The molecule has 0 bridgehead atoms. The zero-order chi connectivity index (χ0) is 13.8. The van der Waals surface area contributed by atoms with Crippen LogP contribution in [0.2, 0.25) is 0 Å². The number of benzene rings is 1. The van der Waals surface area contributed by atoms with Gasteiger partial charge in [0.2, 0.25) is 0 Å². The molecule has 1 atom stereocenters. The van der Waals surface area contributed by atoms with Crippen LogP contribution in [0.4, 0.5) is 0 Å². The summed E-state index contributed by atoms with van der Waals surface area (Å²) in [5.41, 5.74) is 2.15. The normalized spacial score (nSPS) is 16.8. The predicted molar refractivity (Wildman–Crippen MR) is 70.7 cm³/mol. The van der Waals surface area contributed by atoms with E-state index in [1.807, 2.05) is 19.1 Å². The molecule has 1 aliphatic heterocycles. The van der Waals surface area contributed by atoms with Gasteiger partial charge in [-0.25, -0.2) is 0 Å². The fraction of sp³-hybridized carbons (Fsp3) is 0.500. The molecule has 2 N–H and O–H groups in total. The molecule has 0 amide bonds. The summed E-state index contributed by atoms with van der Waals surface area (Å²) in [5, 5.41) is 11.7. The Bertz CT molecular complexity index is 473. The van der Waals surface area contributed by atoms with Gasteiger partial charge in [0.1, 0.15) is 17.6 Å². The molecule has 1 aromatic carbocycles. The van der Waals surface area contributed by atoms with E-state index in [-0.39, 0.29) is 12.5 Å². The van der Waals surface area contributed by atoms with Crippen LogP contribution in [0.3, 0.4) is 0 Å². The highest BCUT2D eigenvalue weighted by Crippen LogP contribution is 2.34. The predicted octanol–water partition coefficient (Wildman–Crippen LogP) is 1.58. The molecule has 0 radical (unpaired) electrons. The van der Waals surface area contributed by atoms with Crippen LogP contribution >= 0.6 is 0 Å². The molecule has 0 fully saturated rings. The zero-order valence-electron chi connectivity index (χ0n) is 11.2. The first-order valence-corrected chi connectivity index (χ1v) is 6.39. The van der Waals surface area contributed by atoms with Gasteiger partial charge >= 0.3 is 5.97 Å². The molecule has 0 aromatic heterocycles. The van der Waals surface area contributed by atoms with Crippen molar-refractivity contribution >= 4 is 5.97 Å². The maximum atomic E-state index is 10.4. The SMILES string of the molecule is COc1cc2c(cc1CNCCC(=O)O)OC(C)C2. The number of carboxylic acid groups (broad SMARTS) is 1. The van der Waals surface area contributed by atoms with Crippen LogP contribution < -0.4 is 14.8 Å². The van der Waals surface area contributed by atoms with Gasteiger partial charge in [0.25, 0.3) is 0 Å². The lowest BCUT2D eigenvalue weighted by Crippen LogP contribution is -2.18. The molecule has 1 aliphatic rings. The summed E-state index contributed by atoms with van der Waals surface area (Å²) in [5.74, 6) is 0.924. The van der Waals surface area contributed by atoms with Crippen molar-refractivity contribution in [1.82, 2.24) is 5.32 Å². The molecule has 0 saturated heterocycles. The Labute approximate surface area is 112 Å². The molecule has 104 valence electrons. The maximum Gasteiger partial charge on any atom is 0.304 e. The summed E-state index contributed by atoms with van der Waals surface area (Å²) in [4.78, 5) is 10.4. The molecular weight excluding hydrogens is 246 g/mol. The number of rotatable bonds is 6. The number of fused-ring (bicyclic) bond motifs is 1. The Morgan fingerprint density at radius 1 is 1.58 bits per heavy atom. The largest absolute Gasteiger partial charge is 0.496 e. The quantitative estimate of drug-likeness (QED) is 0.764. The van der Waals surface area contributed by atoms with E-state index >= 15 is 0 Å². The fourth-order valence-electron chi connectivity index (χ4n) is 2.23. The Morgan fingerprint density at radius 3 is 3.05 bits per heavy atom. The van der Waals surface area contributed by atoms with E-state index in [1.165, 1.54) is 5.56 Å². The maximum absolute atomic E-state index is 10.4. The number of aliphatic carboxylic acids is 1. The van der Waals surface area contributed by atoms with Crippen molar-refractivity contribution in [2.45, 2.75) is 32.4 Å². The summed E-state index contributed by atoms with van der Waals surface area (Å²) in [6, 6.07) is 3.98. The first-order chi connectivity index (χ1) is 9.10. The van der Waals surface area contributed by atoms with Gasteiger partial charge < -0.3 is 19.9 Å². The average molecular weight is 265 g/mol. The number of hydrogen-bond acceptors (Lipinski definition) is 4. The Balaban J connectivity index is 2.03. The molecule has 0 aliphatic carbocycles. The lowest BCUT2D eigenvalue weighted by molar-refractivity contribution is -0.136. The van der Waals surface area contributed by atoms with E-state index < -0.39 is 5.97 Å². The van der Waals surface area contributed by atoms with Gasteiger partial charge in [-0.15, -0.1) is 0 Å². The minimum absolute atomic E-state index is 0.112. The summed E-state index contributed by atoms with van der Waals surface area (Å²) in [7, 11) is 1.64. The van der Waals surface area contributed by atoms with E-state index in [4.69, 9.17) is 14.6 Å². The first kappa shape index (κ1) is 13.7. The van der Waals surface area contributed by atoms with E-state index in [0.29, 0.717) is 13.1 Å². The summed E-state index contributed by atoms with van der Waals surface area (Å²) < 4.78 is 11.1. The number of carboxylic acids is 1. The minimum atomic E-state index is -0.800. The van der Waals surface area contributed by atoms with Crippen LogP contribution in [0.15, 0.2) is 12.1 Å². The van der Waals surface area contributed by atoms with Gasteiger partial charge in [-0.2, -0.15) is 0 Å². The minimum Gasteiger partial charge on any atom is -0.496 e. The van der Waals surface area contributed by atoms with E-state index in [1.54, 1.807) is 7.11 Å². The highest BCUT2D eigenvalue weighted by molar-refractivity contribution is 5.66. The Kier molecular flexibility index (Phi) is 4.27. The topological polar surface area (TPSA) is 67.8 Å². The van der Waals surface area contributed by atoms with Crippen LogP contribution in [0.25, 0.3) is 0 Å². The summed E-state index contributed by atoms with van der Waals surface area (Å²) in [6.45, 7) is 3.05. The van der Waals surface area contributed by atoms with Gasteiger partial charge in [0, 0.05) is 30.6 Å². The second-order valence-corrected chi connectivity index (χ2v) is 4.72. The summed E-state index contributed by atoms with van der Waals surface area (Å²) in [6.07, 6.45) is 1.22. The number of methoxy groups -OCH3 is 1. The van der Waals surface area contributed by atoms with Crippen molar-refractivity contribution in [2.24, 2.45) is 0 Å². The highest BCUT2D eigenvalue weighted by atomic mass is 16.5. The van der Waals surface area contributed by atoms with Crippen LogP contribution in [0, 0.1) is 0 Å². The van der Waals surface area contributed by atoms with Crippen molar-refractivity contribution in [1.29, 1.82) is 0 Å². The van der Waals surface area contributed by atoms with Crippen molar-refractivity contribution in [3.8, 4) is 11.5 Å². The number of nitrogens with one attached hydrogen (secondary N) is 1. The molecule has 1 heterocycles. The van der Waals surface area contributed by atoms with Gasteiger partial charge in [0.15, 0.2) is 0 Å². The van der Waals surface area contributed by atoms with E-state index in [0.717, 1.165) is 23.5 Å². The third-order valence-corrected chi connectivity index (χ3v) is 3.13. The van der Waals surface area contributed by atoms with Gasteiger partial charge in [0.05, 0.1) is 13.5 Å². The molecule has 0 spiro atoms. The zero-order valence-corrected chi connectivity index (χ0v) is 11.2. The second kappa shape index (κ2) is 5.93. The molecular formula is C14H19NO4. The van der Waals surface area contributed by atoms with Gasteiger partial charge in [-0.1, -0.05) is 0 Å². The third kappa shape index (κ3) is 3.38. The first-order valence-electron chi connectivity index (χ1n) is 6.39. The molecule has 19 heavy (non-hydrogen) atoms. The number of hydrogen-bond donors (Lipinski definition) is 2. The van der Waals surface area contributed by atoms with Crippen LogP contribution in [0.5, 0.6) is 11.5 Å². The van der Waals surface area contributed by atoms with Crippen molar-refractivity contribution in [3.63, 3.8) is 0 Å². The van der Waals surface area contributed by atoms with Gasteiger partial charge in [-0.3, -0.25) is 4.79 Å². The Hall–Kier alpha value is -1.75. The molecule has 0 saturated carbocycles. The standard InChI is InChI=1S/C14H19NO4/c1-9-5-10-6-12(18-2)11(7-13(10)19-9)8-15-4-3-14(16)17/h6-7,9,15H,3-5,8H2,1-2H3,(H,16,17). The second-order valence-electron chi connectivity index (χ2n) is 4.72. The molecule has 5 nitrogen and oxygen atoms in total. The van der Waals surface area contributed by atoms with Crippen molar-refractivity contribution in [3.05, 3.63) is 23.3 Å². The van der Waals surface area contributed by atoms with Crippen molar-refractivity contribution in [2.75, 3.05) is 13.7 Å². The fourth-order valence-corrected chi connectivity index (χ4v) is 2.23. The van der Waals surface area contributed by atoms with Crippen LogP contribution in [-0.2, 0) is 17.8 Å². The Morgan fingerprint density at radius 2 is 2.37 bits per heavy atom. The molecule has 1 aromatic rings. The monoisotopic (exact) mass is 265 g/mol. The van der Waals surface area contributed by atoms with E-state index in [9.17, 15) is 4.79 Å². The highest BCUT2D eigenvalue weighted by Gasteiger charge is 2.21. The number of carbonyl (C=O) groups is 1. The smallest absolute Gasteiger partial charge is 0.304 e. The van der Waals surface area contributed by atoms with Crippen LogP contribution in [0.1, 0.15) is 24.5 Å². The number of ether oxygens (including phenoxy) is 2. The van der Waals surface area contributed by atoms with Crippen LogP contribution in [-0.4, -0.2) is 30.8 Å². The average Bonchev–Trinajstić information content (AvgIpc) is 2.72. The summed E-state index contributed by atoms with van der Waals surface area (Å²) >= 11 is 0. The third-order valence-electron chi connectivity index (χ3n) is 3.13. The van der Waals surface area contributed by atoms with E-state index in [2.05, 4.69) is 5.32 Å². The lowest BCUT2D eigenvalue weighted by atomic mass is 10.1.